The average Bonchev–Trinajstić information content (AvgIpc) is 2.74. The molecule has 144 valence electrons. The Labute approximate surface area is 163 Å². The monoisotopic (exact) mass is 365 g/mol. The van der Waals surface area contributed by atoms with Gasteiger partial charge in [0.1, 0.15) is 6.29 Å². The lowest BCUT2D eigenvalue weighted by Gasteiger charge is -2.11. The number of aldehydes is 1. The molecular weight excluding hydrogens is 334 g/mol. The number of carbonyl (C=O) groups is 1. The number of anilines is 2. The Balaban J connectivity index is 0.00000176. The molecule has 3 N–H and O–H groups in total. The number of allylic oxidation sites excluding steroid dienone is 3. The van der Waals surface area contributed by atoms with Crippen LogP contribution in [0.5, 0.6) is 0 Å². The van der Waals surface area contributed by atoms with Crippen molar-refractivity contribution in [1.29, 1.82) is 0 Å². The van der Waals surface area contributed by atoms with E-state index in [4.69, 9.17) is 0 Å². The Kier molecular flexibility index (Phi) is 10.8. The van der Waals surface area contributed by atoms with Gasteiger partial charge in [0.15, 0.2) is 0 Å². The number of nitrogens with one attached hydrogen (secondary N) is 3. The maximum atomic E-state index is 10.7. The van der Waals surface area contributed by atoms with Crippen molar-refractivity contribution in [2.75, 3.05) is 17.3 Å². The van der Waals surface area contributed by atoms with E-state index < -0.39 is 0 Å². The standard InChI is InChI=1S/C21H25N3O.C2H6/c1-3-5-19(4-2)23-16-24-21-12-10-20(11-13-21)22-14-17-6-8-18(15-25)9-7-17;1-2/h3-13,15,22-24H,14,16H2,1-2H3;1-2H3/b5-3-,19-4+;. The summed E-state index contributed by atoms with van der Waals surface area (Å²) < 4.78 is 0. The SMILES string of the molecule is C/C=C\C(=C/C)NCNc1ccc(NCc2ccc(C=O)cc2)cc1.CC. The third-order valence-electron chi connectivity index (χ3n) is 3.74. The van der Waals surface area contributed by atoms with Crippen molar-refractivity contribution in [3.63, 3.8) is 0 Å². The van der Waals surface area contributed by atoms with Crippen molar-refractivity contribution < 1.29 is 4.79 Å². The van der Waals surface area contributed by atoms with E-state index >= 15 is 0 Å². The molecule has 0 fully saturated rings. The number of hydrogen-bond donors (Lipinski definition) is 3. The lowest BCUT2D eigenvalue weighted by Crippen LogP contribution is -2.20. The van der Waals surface area contributed by atoms with E-state index in [-0.39, 0.29) is 0 Å². The minimum atomic E-state index is 0.667. The Morgan fingerprint density at radius 3 is 2.00 bits per heavy atom. The molecule has 4 heteroatoms. The molecule has 27 heavy (non-hydrogen) atoms. The minimum Gasteiger partial charge on any atom is -0.381 e. The highest BCUT2D eigenvalue weighted by molar-refractivity contribution is 5.74. The molecule has 2 rings (SSSR count). The number of rotatable bonds is 9. The van der Waals surface area contributed by atoms with E-state index in [1.807, 2.05) is 94.5 Å². The highest BCUT2D eigenvalue weighted by atomic mass is 16.1. The molecule has 0 bridgehead atoms. The van der Waals surface area contributed by atoms with Gasteiger partial charge in [-0.2, -0.15) is 0 Å². The van der Waals surface area contributed by atoms with E-state index in [9.17, 15) is 4.79 Å². The third kappa shape index (κ3) is 8.27. The molecule has 0 amide bonds. The molecule has 0 atom stereocenters. The van der Waals surface area contributed by atoms with Gasteiger partial charge in [-0.05, 0) is 49.8 Å². The Morgan fingerprint density at radius 1 is 0.889 bits per heavy atom. The van der Waals surface area contributed by atoms with Gasteiger partial charge in [0.2, 0.25) is 0 Å². The molecule has 0 saturated heterocycles. The summed E-state index contributed by atoms with van der Waals surface area (Å²) in [6.45, 7) is 9.40. The molecule has 4 nitrogen and oxygen atoms in total. The first-order chi connectivity index (χ1) is 13.2. The van der Waals surface area contributed by atoms with Crippen LogP contribution in [-0.4, -0.2) is 13.0 Å². The van der Waals surface area contributed by atoms with Crippen LogP contribution in [0.1, 0.15) is 43.6 Å². The molecule has 0 unspecified atom stereocenters. The van der Waals surface area contributed by atoms with Crippen LogP contribution < -0.4 is 16.0 Å². The van der Waals surface area contributed by atoms with E-state index in [0.29, 0.717) is 12.2 Å². The number of carbonyl (C=O) groups excluding carboxylic acids is 1. The Bertz CT molecular complexity index is 716. The summed E-state index contributed by atoms with van der Waals surface area (Å²) in [7, 11) is 0. The lowest BCUT2D eigenvalue weighted by molar-refractivity contribution is 0.112. The topological polar surface area (TPSA) is 53.2 Å². The fraction of sp³-hybridized carbons (Fsp3) is 0.261. The summed E-state index contributed by atoms with van der Waals surface area (Å²) in [5.41, 5.74) is 5.04. The van der Waals surface area contributed by atoms with Crippen molar-refractivity contribution in [1.82, 2.24) is 5.32 Å². The van der Waals surface area contributed by atoms with Gasteiger partial charge in [0, 0.05) is 29.2 Å². The second kappa shape index (κ2) is 13.2. The van der Waals surface area contributed by atoms with Gasteiger partial charge in [-0.3, -0.25) is 4.79 Å². The Morgan fingerprint density at radius 2 is 1.48 bits per heavy atom. The van der Waals surface area contributed by atoms with Gasteiger partial charge in [0.25, 0.3) is 0 Å². The molecule has 2 aromatic rings. The van der Waals surface area contributed by atoms with Crippen molar-refractivity contribution >= 4 is 17.7 Å². The molecule has 2 aromatic carbocycles. The fourth-order valence-corrected chi connectivity index (χ4v) is 2.31. The van der Waals surface area contributed by atoms with Gasteiger partial charge < -0.3 is 16.0 Å². The summed E-state index contributed by atoms with van der Waals surface area (Å²) in [5.74, 6) is 0. The highest BCUT2D eigenvalue weighted by Crippen LogP contribution is 2.14. The first kappa shape index (κ1) is 22.0. The summed E-state index contributed by atoms with van der Waals surface area (Å²) in [5, 5.41) is 10.0. The lowest BCUT2D eigenvalue weighted by atomic mass is 10.1. The molecule has 0 aliphatic heterocycles. The molecule has 0 saturated carbocycles. The van der Waals surface area contributed by atoms with Crippen molar-refractivity contribution in [2.45, 2.75) is 34.2 Å². The van der Waals surface area contributed by atoms with Crippen LogP contribution in [0.25, 0.3) is 0 Å². The molecule has 0 aliphatic rings. The van der Waals surface area contributed by atoms with E-state index in [0.717, 1.165) is 35.5 Å². The van der Waals surface area contributed by atoms with Crippen LogP contribution in [-0.2, 0) is 6.54 Å². The molecule has 0 aromatic heterocycles. The van der Waals surface area contributed by atoms with Gasteiger partial charge in [0.05, 0.1) is 6.67 Å². The van der Waals surface area contributed by atoms with E-state index in [1.165, 1.54) is 0 Å². The Hall–Kier alpha value is -3.01. The zero-order chi connectivity index (χ0) is 19.9. The van der Waals surface area contributed by atoms with Gasteiger partial charge >= 0.3 is 0 Å². The first-order valence-electron chi connectivity index (χ1n) is 9.40. The summed E-state index contributed by atoms with van der Waals surface area (Å²) >= 11 is 0. The predicted octanol–water partition coefficient (Wildman–Crippen LogP) is 5.58. The average molecular weight is 366 g/mol. The quantitative estimate of drug-likeness (QED) is 0.309. The maximum Gasteiger partial charge on any atom is 0.150 e. The fourth-order valence-electron chi connectivity index (χ4n) is 2.31. The maximum absolute atomic E-state index is 10.7. The third-order valence-corrected chi connectivity index (χ3v) is 3.74. The molecule has 0 aliphatic carbocycles. The zero-order valence-corrected chi connectivity index (χ0v) is 16.8. The van der Waals surface area contributed by atoms with Gasteiger partial charge in [-0.15, -0.1) is 0 Å². The molecule has 0 heterocycles. The van der Waals surface area contributed by atoms with Crippen molar-refractivity contribution in [3.05, 3.63) is 83.6 Å². The molecular formula is C23H31N3O. The normalized spacial score (nSPS) is 10.7. The number of benzene rings is 2. The van der Waals surface area contributed by atoms with Gasteiger partial charge in [-0.25, -0.2) is 0 Å². The molecule has 0 radical (unpaired) electrons. The van der Waals surface area contributed by atoms with Gasteiger partial charge in [-0.1, -0.05) is 50.3 Å². The van der Waals surface area contributed by atoms with E-state index in [1.54, 1.807) is 0 Å². The van der Waals surface area contributed by atoms with Crippen molar-refractivity contribution in [3.8, 4) is 0 Å². The summed E-state index contributed by atoms with van der Waals surface area (Å²) in [6.07, 6.45) is 6.94. The van der Waals surface area contributed by atoms with Crippen LogP contribution in [0.15, 0.2) is 72.5 Å². The summed E-state index contributed by atoms with van der Waals surface area (Å²) in [4.78, 5) is 10.7. The smallest absolute Gasteiger partial charge is 0.150 e. The highest BCUT2D eigenvalue weighted by Gasteiger charge is 1.97. The second-order valence-electron chi connectivity index (χ2n) is 5.56. The molecule has 0 spiro atoms. The van der Waals surface area contributed by atoms with Crippen LogP contribution in [0.2, 0.25) is 0 Å². The van der Waals surface area contributed by atoms with Crippen LogP contribution in [0.4, 0.5) is 11.4 Å². The van der Waals surface area contributed by atoms with Crippen LogP contribution in [0.3, 0.4) is 0 Å². The number of hydrogen-bond acceptors (Lipinski definition) is 4. The predicted molar refractivity (Wildman–Crippen MR) is 117 cm³/mol. The first-order valence-corrected chi connectivity index (χ1v) is 9.40. The largest absolute Gasteiger partial charge is 0.381 e. The van der Waals surface area contributed by atoms with Crippen LogP contribution in [0, 0.1) is 0 Å². The summed E-state index contributed by atoms with van der Waals surface area (Å²) in [6, 6.07) is 15.8. The van der Waals surface area contributed by atoms with E-state index in [2.05, 4.69) is 16.0 Å². The minimum absolute atomic E-state index is 0.667. The van der Waals surface area contributed by atoms with Crippen LogP contribution >= 0.6 is 0 Å². The second-order valence-corrected chi connectivity index (χ2v) is 5.56. The zero-order valence-electron chi connectivity index (χ0n) is 16.8. The van der Waals surface area contributed by atoms with Crippen molar-refractivity contribution in [2.24, 2.45) is 0 Å².